The van der Waals surface area contributed by atoms with Gasteiger partial charge in [-0.15, -0.1) is 11.3 Å². The van der Waals surface area contributed by atoms with Crippen LogP contribution in [0.15, 0.2) is 51.2 Å². The van der Waals surface area contributed by atoms with Crippen molar-refractivity contribution in [2.75, 3.05) is 13.6 Å². The molecule has 29 heavy (non-hydrogen) atoms. The highest BCUT2D eigenvalue weighted by Crippen LogP contribution is 2.30. The van der Waals surface area contributed by atoms with Gasteiger partial charge < -0.3 is 9.42 Å². The van der Waals surface area contributed by atoms with E-state index in [-0.39, 0.29) is 41.8 Å². The SMILES string of the molecule is CN(Cc1nc(-c2cccs2)no1)C(=O)CCN1C(=O)c2ccccc2S1(=O)=O. The van der Waals surface area contributed by atoms with Crippen LogP contribution in [0.5, 0.6) is 0 Å². The molecule has 0 atom stereocenters. The largest absolute Gasteiger partial charge is 0.337 e. The zero-order chi connectivity index (χ0) is 20.6. The molecule has 0 bridgehead atoms. The lowest BCUT2D eigenvalue weighted by Gasteiger charge is -2.18. The van der Waals surface area contributed by atoms with Crippen molar-refractivity contribution < 1.29 is 22.5 Å². The molecule has 3 aromatic rings. The highest BCUT2D eigenvalue weighted by Gasteiger charge is 2.40. The lowest BCUT2D eigenvalue weighted by atomic mass is 10.2. The molecule has 0 unspecified atom stereocenters. The van der Waals surface area contributed by atoms with Gasteiger partial charge in [0.15, 0.2) is 0 Å². The second-order valence-electron chi connectivity index (χ2n) is 6.37. The van der Waals surface area contributed by atoms with Crippen molar-refractivity contribution in [2.24, 2.45) is 0 Å². The van der Waals surface area contributed by atoms with Crippen LogP contribution in [0, 0.1) is 0 Å². The Morgan fingerprint density at radius 2 is 2.03 bits per heavy atom. The van der Waals surface area contributed by atoms with Gasteiger partial charge in [0.25, 0.3) is 15.9 Å². The van der Waals surface area contributed by atoms with Gasteiger partial charge in [0.1, 0.15) is 4.90 Å². The van der Waals surface area contributed by atoms with Crippen molar-refractivity contribution >= 4 is 33.2 Å². The normalized spacial score (nSPS) is 14.8. The van der Waals surface area contributed by atoms with Crippen LogP contribution in [-0.2, 0) is 21.4 Å². The zero-order valence-electron chi connectivity index (χ0n) is 15.3. The summed E-state index contributed by atoms with van der Waals surface area (Å²) in [4.78, 5) is 31.3. The predicted molar refractivity (Wildman–Crippen MR) is 103 cm³/mol. The van der Waals surface area contributed by atoms with Gasteiger partial charge >= 0.3 is 0 Å². The Morgan fingerprint density at radius 3 is 2.76 bits per heavy atom. The molecule has 2 amide bonds. The zero-order valence-corrected chi connectivity index (χ0v) is 16.9. The summed E-state index contributed by atoms with van der Waals surface area (Å²) in [5.74, 6) is -0.253. The number of carbonyl (C=O) groups excluding carboxylic acids is 2. The first-order valence-corrected chi connectivity index (χ1v) is 11.0. The van der Waals surface area contributed by atoms with Crippen LogP contribution in [0.2, 0.25) is 0 Å². The molecule has 0 saturated heterocycles. The lowest BCUT2D eigenvalue weighted by molar-refractivity contribution is -0.130. The second-order valence-corrected chi connectivity index (χ2v) is 9.15. The number of benzene rings is 1. The summed E-state index contributed by atoms with van der Waals surface area (Å²) in [6.07, 6.45) is -0.151. The maximum Gasteiger partial charge on any atom is 0.269 e. The van der Waals surface area contributed by atoms with Crippen molar-refractivity contribution in [1.82, 2.24) is 19.3 Å². The number of fused-ring (bicyclic) bond motifs is 1. The fourth-order valence-electron chi connectivity index (χ4n) is 2.96. The van der Waals surface area contributed by atoms with Crippen LogP contribution in [0.25, 0.3) is 10.7 Å². The Bertz CT molecular complexity index is 1170. The number of sulfonamides is 1. The minimum Gasteiger partial charge on any atom is -0.337 e. The Hall–Kier alpha value is -3.05. The van der Waals surface area contributed by atoms with E-state index in [0.29, 0.717) is 5.82 Å². The van der Waals surface area contributed by atoms with E-state index in [4.69, 9.17) is 4.52 Å². The van der Waals surface area contributed by atoms with Gasteiger partial charge in [-0.2, -0.15) is 4.98 Å². The Kier molecular flexibility index (Phi) is 4.92. The molecule has 2 aromatic heterocycles. The fraction of sp³-hybridized carbons (Fsp3) is 0.222. The third-order valence-electron chi connectivity index (χ3n) is 4.45. The van der Waals surface area contributed by atoms with Crippen molar-refractivity contribution in [3.05, 3.63) is 53.2 Å². The van der Waals surface area contributed by atoms with Gasteiger partial charge in [-0.1, -0.05) is 23.4 Å². The standard InChI is InChI=1S/C18H16N4O5S2/c1-21(11-15-19-17(20-27-15)13-6-4-10-28-13)16(23)8-9-22-18(24)12-5-2-3-7-14(12)29(22,25)26/h2-7,10H,8-9,11H2,1H3. The molecular formula is C18H16N4O5S2. The van der Waals surface area contributed by atoms with Crippen LogP contribution in [0.1, 0.15) is 22.7 Å². The molecule has 11 heteroatoms. The number of nitrogens with zero attached hydrogens (tertiary/aromatic N) is 4. The number of carbonyl (C=O) groups is 2. The molecule has 9 nitrogen and oxygen atoms in total. The summed E-state index contributed by atoms with van der Waals surface area (Å²) in [6.45, 7) is -0.151. The average Bonchev–Trinajstić information content (AvgIpc) is 3.42. The molecule has 0 aliphatic carbocycles. The summed E-state index contributed by atoms with van der Waals surface area (Å²) in [5, 5.41) is 5.78. The van der Waals surface area contributed by atoms with Gasteiger partial charge in [0.2, 0.25) is 17.6 Å². The van der Waals surface area contributed by atoms with Gasteiger partial charge in [-0.25, -0.2) is 12.7 Å². The first kappa shape index (κ1) is 19.3. The number of hydrogen-bond donors (Lipinski definition) is 0. The van der Waals surface area contributed by atoms with Crippen LogP contribution in [-0.4, -0.2) is 53.2 Å². The van der Waals surface area contributed by atoms with Crippen LogP contribution < -0.4 is 0 Å². The third-order valence-corrected chi connectivity index (χ3v) is 7.15. The lowest BCUT2D eigenvalue weighted by Crippen LogP contribution is -2.35. The highest BCUT2D eigenvalue weighted by molar-refractivity contribution is 7.90. The van der Waals surface area contributed by atoms with E-state index < -0.39 is 15.9 Å². The number of amides is 2. The first-order valence-electron chi connectivity index (χ1n) is 8.64. The highest BCUT2D eigenvalue weighted by atomic mass is 32.2. The second kappa shape index (κ2) is 7.41. The van der Waals surface area contributed by atoms with Gasteiger partial charge in [-0.05, 0) is 23.6 Å². The van der Waals surface area contributed by atoms with E-state index in [2.05, 4.69) is 10.1 Å². The Morgan fingerprint density at radius 1 is 1.24 bits per heavy atom. The van der Waals surface area contributed by atoms with Crippen LogP contribution in [0.4, 0.5) is 0 Å². The topological polar surface area (TPSA) is 114 Å². The smallest absolute Gasteiger partial charge is 0.269 e. The van der Waals surface area contributed by atoms with Gasteiger partial charge in [-0.3, -0.25) is 9.59 Å². The van der Waals surface area contributed by atoms with E-state index in [1.165, 1.54) is 28.4 Å². The summed E-state index contributed by atoms with van der Waals surface area (Å²) >= 11 is 1.47. The predicted octanol–water partition coefficient (Wildman–Crippen LogP) is 1.99. The number of thiophene rings is 1. The molecule has 150 valence electrons. The average molecular weight is 432 g/mol. The van der Waals surface area contributed by atoms with Gasteiger partial charge in [0, 0.05) is 20.0 Å². The minimum absolute atomic E-state index is 0.0298. The van der Waals surface area contributed by atoms with Crippen LogP contribution in [0.3, 0.4) is 0 Å². The van der Waals surface area contributed by atoms with Crippen molar-refractivity contribution in [3.8, 4) is 10.7 Å². The summed E-state index contributed by atoms with van der Waals surface area (Å²) in [6, 6.07) is 9.74. The molecule has 1 aliphatic heterocycles. The maximum absolute atomic E-state index is 12.5. The molecule has 0 N–H and O–H groups in total. The molecule has 1 aromatic carbocycles. The van der Waals surface area contributed by atoms with E-state index in [0.717, 1.165) is 9.18 Å². The summed E-state index contributed by atoms with van der Waals surface area (Å²) in [7, 11) is -2.38. The molecule has 3 heterocycles. The molecule has 1 aliphatic rings. The molecule has 0 spiro atoms. The molecule has 0 fully saturated rings. The molecule has 0 saturated carbocycles. The maximum atomic E-state index is 12.5. The van der Waals surface area contributed by atoms with E-state index in [9.17, 15) is 18.0 Å². The van der Waals surface area contributed by atoms with Crippen molar-refractivity contribution in [1.29, 1.82) is 0 Å². The minimum atomic E-state index is -3.92. The van der Waals surface area contributed by atoms with Gasteiger partial charge in [0.05, 0.1) is 17.0 Å². The number of aromatic nitrogens is 2. The first-order chi connectivity index (χ1) is 13.9. The Labute approximate surface area is 170 Å². The molecular weight excluding hydrogens is 416 g/mol. The summed E-state index contributed by atoms with van der Waals surface area (Å²) < 4.78 is 31.0. The number of rotatable bonds is 6. The van der Waals surface area contributed by atoms with E-state index in [1.54, 1.807) is 19.2 Å². The Balaban J connectivity index is 1.38. The fourth-order valence-corrected chi connectivity index (χ4v) is 5.18. The number of hydrogen-bond acceptors (Lipinski definition) is 8. The van der Waals surface area contributed by atoms with Crippen molar-refractivity contribution in [2.45, 2.75) is 17.9 Å². The molecule has 0 radical (unpaired) electrons. The van der Waals surface area contributed by atoms with Crippen LogP contribution >= 0.6 is 11.3 Å². The quantitative estimate of drug-likeness (QED) is 0.585. The van der Waals surface area contributed by atoms with E-state index in [1.807, 2.05) is 17.5 Å². The van der Waals surface area contributed by atoms with E-state index >= 15 is 0 Å². The van der Waals surface area contributed by atoms with Crippen molar-refractivity contribution in [3.63, 3.8) is 0 Å². The summed E-state index contributed by atoms with van der Waals surface area (Å²) in [5.41, 5.74) is 0.125. The molecule has 4 rings (SSSR count). The monoisotopic (exact) mass is 432 g/mol. The third kappa shape index (κ3) is 3.54.